The number of halogens is 3. The number of nitrogens with zero attached hydrogens (tertiary/aromatic N) is 3. The van der Waals surface area contributed by atoms with Crippen molar-refractivity contribution >= 4 is 11.6 Å². The summed E-state index contributed by atoms with van der Waals surface area (Å²) in [5.41, 5.74) is 0.729. The summed E-state index contributed by atoms with van der Waals surface area (Å²) in [6.45, 7) is 1.35. The van der Waals surface area contributed by atoms with Crippen LogP contribution in [-0.2, 0) is 4.79 Å². The van der Waals surface area contributed by atoms with Crippen molar-refractivity contribution < 1.29 is 22.5 Å². The van der Waals surface area contributed by atoms with Crippen LogP contribution >= 0.6 is 0 Å². The van der Waals surface area contributed by atoms with Gasteiger partial charge in [-0.2, -0.15) is 4.98 Å². The van der Waals surface area contributed by atoms with Crippen LogP contribution in [0.15, 0.2) is 47.0 Å². The Morgan fingerprint density at radius 3 is 2.83 bits per heavy atom. The summed E-state index contributed by atoms with van der Waals surface area (Å²) >= 11 is 0. The van der Waals surface area contributed by atoms with Gasteiger partial charge in [0.1, 0.15) is 5.82 Å². The van der Waals surface area contributed by atoms with Gasteiger partial charge in [-0.25, -0.2) is 13.2 Å². The van der Waals surface area contributed by atoms with Crippen LogP contribution < -0.4 is 5.32 Å². The second-order valence-corrected chi connectivity index (χ2v) is 7.22. The van der Waals surface area contributed by atoms with E-state index in [2.05, 4.69) is 15.5 Å². The minimum Gasteiger partial charge on any atom is -0.339 e. The molecule has 1 N–H and O–H groups in total. The van der Waals surface area contributed by atoms with Crippen LogP contribution in [0.3, 0.4) is 0 Å². The molecule has 156 valence electrons. The topological polar surface area (TPSA) is 71.3 Å². The molecule has 30 heavy (non-hydrogen) atoms. The second kappa shape index (κ2) is 8.66. The van der Waals surface area contributed by atoms with Crippen molar-refractivity contribution in [3.05, 3.63) is 65.8 Å². The number of rotatable bonds is 5. The Bertz CT molecular complexity index is 1060. The molecule has 1 amide bonds. The van der Waals surface area contributed by atoms with E-state index >= 15 is 0 Å². The van der Waals surface area contributed by atoms with Crippen molar-refractivity contribution in [3.8, 4) is 11.4 Å². The Hall–Kier alpha value is -3.20. The zero-order chi connectivity index (χ0) is 21.1. The Labute approximate surface area is 170 Å². The number of amides is 1. The van der Waals surface area contributed by atoms with Crippen LogP contribution in [-0.4, -0.2) is 40.6 Å². The number of carbonyl (C=O) groups excluding carboxylic acids is 1. The van der Waals surface area contributed by atoms with Crippen LogP contribution in [0.5, 0.6) is 0 Å². The number of nitrogens with one attached hydrogen (secondary N) is 1. The number of likely N-dealkylation sites (tertiary alicyclic amines) is 1. The van der Waals surface area contributed by atoms with Crippen molar-refractivity contribution in [3.63, 3.8) is 0 Å². The van der Waals surface area contributed by atoms with E-state index in [1.165, 1.54) is 18.2 Å². The lowest BCUT2D eigenvalue weighted by Crippen LogP contribution is -2.39. The molecule has 1 unspecified atom stereocenters. The van der Waals surface area contributed by atoms with E-state index in [1.807, 2.05) is 4.90 Å². The summed E-state index contributed by atoms with van der Waals surface area (Å²) < 4.78 is 45.1. The van der Waals surface area contributed by atoms with Crippen molar-refractivity contribution in [1.82, 2.24) is 15.0 Å². The fraction of sp³-hybridized carbons (Fsp3) is 0.286. The lowest BCUT2D eigenvalue weighted by atomic mass is 9.98. The standard InChI is InChI=1S/C21H19F3N4O2/c22-15-5-1-3-13(9-15)20-26-21(30-27-20)14-4-2-8-28(11-14)12-19(29)25-16-6-7-17(23)18(24)10-16/h1,3,5-7,9-10,14H,2,4,8,11-12H2,(H,25,29). The van der Waals surface area contributed by atoms with Crippen LogP contribution in [0, 0.1) is 17.5 Å². The molecule has 1 fully saturated rings. The molecular formula is C21H19F3N4O2. The summed E-state index contributed by atoms with van der Waals surface area (Å²) in [4.78, 5) is 18.6. The number of benzene rings is 2. The number of hydrogen-bond donors (Lipinski definition) is 1. The van der Waals surface area contributed by atoms with Crippen molar-refractivity contribution in [2.24, 2.45) is 0 Å². The van der Waals surface area contributed by atoms with Crippen molar-refractivity contribution in [1.29, 1.82) is 0 Å². The van der Waals surface area contributed by atoms with Gasteiger partial charge in [-0.3, -0.25) is 9.69 Å². The van der Waals surface area contributed by atoms with E-state index in [0.29, 0.717) is 30.4 Å². The third-order valence-electron chi connectivity index (χ3n) is 4.95. The van der Waals surface area contributed by atoms with Gasteiger partial charge in [0.15, 0.2) is 11.6 Å². The third kappa shape index (κ3) is 4.68. The van der Waals surface area contributed by atoms with E-state index in [-0.39, 0.29) is 29.9 Å². The minimum absolute atomic E-state index is 0.0513. The van der Waals surface area contributed by atoms with Gasteiger partial charge in [0.25, 0.3) is 0 Å². The summed E-state index contributed by atoms with van der Waals surface area (Å²) in [6, 6.07) is 9.18. The summed E-state index contributed by atoms with van der Waals surface area (Å²) in [5, 5.41) is 6.51. The largest absolute Gasteiger partial charge is 0.339 e. The van der Waals surface area contributed by atoms with Crippen LogP contribution in [0.4, 0.5) is 18.9 Å². The average Bonchev–Trinajstić information content (AvgIpc) is 3.21. The normalized spacial score (nSPS) is 17.1. The molecule has 0 radical (unpaired) electrons. The number of hydrogen-bond acceptors (Lipinski definition) is 5. The highest BCUT2D eigenvalue weighted by molar-refractivity contribution is 5.92. The van der Waals surface area contributed by atoms with Crippen molar-refractivity contribution in [2.75, 3.05) is 25.0 Å². The number of piperidine rings is 1. The Morgan fingerprint density at radius 2 is 2.03 bits per heavy atom. The Balaban J connectivity index is 1.37. The van der Waals surface area contributed by atoms with E-state index in [9.17, 15) is 18.0 Å². The Kier molecular flexibility index (Phi) is 5.80. The molecule has 0 spiro atoms. The second-order valence-electron chi connectivity index (χ2n) is 7.22. The van der Waals surface area contributed by atoms with Crippen LogP contribution in [0.25, 0.3) is 11.4 Å². The molecule has 2 aromatic carbocycles. The predicted molar refractivity (Wildman–Crippen MR) is 103 cm³/mol. The maximum absolute atomic E-state index is 13.4. The molecule has 4 rings (SSSR count). The molecule has 0 bridgehead atoms. The molecule has 0 aliphatic carbocycles. The highest BCUT2D eigenvalue weighted by Gasteiger charge is 2.27. The average molecular weight is 416 g/mol. The van der Waals surface area contributed by atoms with Gasteiger partial charge in [0.2, 0.25) is 17.6 Å². The van der Waals surface area contributed by atoms with Crippen LogP contribution in [0.2, 0.25) is 0 Å². The van der Waals surface area contributed by atoms with Gasteiger partial charge < -0.3 is 9.84 Å². The molecule has 9 heteroatoms. The summed E-state index contributed by atoms with van der Waals surface area (Å²) in [5.74, 6) is -1.98. The van der Waals surface area contributed by atoms with Gasteiger partial charge in [0, 0.05) is 23.9 Å². The quantitative estimate of drug-likeness (QED) is 0.682. The third-order valence-corrected chi connectivity index (χ3v) is 4.95. The van der Waals surface area contributed by atoms with Gasteiger partial charge >= 0.3 is 0 Å². The lowest BCUT2D eigenvalue weighted by molar-refractivity contribution is -0.117. The van der Waals surface area contributed by atoms with Gasteiger partial charge in [-0.1, -0.05) is 17.3 Å². The molecule has 1 saturated heterocycles. The zero-order valence-electron chi connectivity index (χ0n) is 15.9. The van der Waals surface area contributed by atoms with Gasteiger partial charge in [-0.15, -0.1) is 0 Å². The number of anilines is 1. The molecule has 1 atom stereocenters. The SMILES string of the molecule is O=C(CN1CCCC(c2nc(-c3cccc(F)c3)no2)C1)Nc1ccc(F)c(F)c1. The molecule has 1 aromatic heterocycles. The lowest BCUT2D eigenvalue weighted by Gasteiger charge is -2.30. The van der Waals surface area contributed by atoms with E-state index < -0.39 is 11.6 Å². The van der Waals surface area contributed by atoms with Gasteiger partial charge in [0.05, 0.1) is 12.5 Å². The predicted octanol–water partition coefficient (Wildman–Crippen LogP) is 3.97. The molecule has 1 aliphatic heterocycles. The molecule has 1 aliphatic rings. The first-order valence-electron chi connectivity index (χ1n) is 9.55. The molecule has 0 saturated carbocycles. The summed E-state index contributed by atoms with van der Waals surface area (Å²) in [6.07, 6.45) is 1.66. The molecule has 3 aromatic rings. The maximum Gasteiger partial charge on any atom is 0.238 e. The van der Waals surface area contributed by atoms with E-state index in [4.69, 9.17) is 4.52 Å². The molecule has 2 heterocycles. The van der Waals surface area contributed by atoms with Crippen molar-refractivity contribution in [2.45, 2.75) is 18.8 Å². The summed E-state index contributed by atoms with van der Waals surface area (Å²) in [7, 11) is 0. The van der Waals surface area contributed by atoms with Gasteiger partial charge in [-0.05, 0) is 43.7 Å². The zero-order valence-corrected chi connectivity index (χ0v) is 15.9. The molecule has 6 nitrogen and oxygen atoms in total. The first-order valence-corrected chi connectivity index (χ1v) is 9.55. The number of carbonyl (C=O) groups is 1. The maximum atomic E-state index is 13.4. The highest BCUT2D eigenvalue weighted by Crippen LogP contribution is 2.27. The minimum atomic E-state index is -1.02. The number of aromatic nitrogens is 2. The molecular weight excluding hydrogens is 397 g/mol. The Morgan fingerprint density at radius 1 is 1.17 bits per heavy atom. The first-order chi connectivity index (χ1) is 14.5. The highest BCUT2D eigenvalue weighted by atomic mass is 19.2. The first kappa shape index (κ1) is 20.1. The fourth-order valence-electron chi connectivity index (χ4n) is 3.52. The van der Waals surface area contributed by atoms with Crippen LogP contribution in [0.1, 0.15) is 24.7 Å². The monoisotopic (exact) mass is 416 g/mol. The smallest absolute Gasteiger partial charge is 0.238 e. The fourth-order valence-corrected chi connectivity index (χ4v) is 3.52. The van der Waals surface area contributed by atoms with E-state index in [0.717, 1.165) is 25.0 Å². The van der Waals surface area contributed by atoms with E-state index in [1.54, 1.807) is 12.1 Å².